The molecule has 3 heterocycles. The van der Waals surface area contributed by atoms with Crippen molar-refractivity contribution in [1.29, 1.82) is 0 Å². The van der Waals surface area contributed by atoms with Crippen LogP contribution in [0.5, 0.6) is 5.75 Å². The topological polar surface area (TPSA) is 63.4 Å². The van der Waals surface area contributed by atoms with E-state index in [1.54, 1.807) is 18.4 Å². The van der Waals surface area contributed by atoms with Gasteiger partial charge in [0.25, 0.3) is 0 Å². The SMILES string of the molecule is COc1ccc(-c2csc(-n3cc(C4=CCN(CCO)CC4)cn3)n2)cc1. The lowest BCUT2D eigenvalue weighted by molar-refractivity contribution is 0.208. The highest BCUT2D eigenvalue weighted by Gasteiger charge is 2.15. The summed E-state index contributed by atoms with van der Waals surface area (Å²) in [6.07, 6.45) is 7.15. The molecule has 4 rings (SSSR count). The van der Waals surface area contributed by atoms with Gasteiger partial charge in [0.2, 0.25) is 5.13 Å². The van der Waals surface area contributed by atoms with Crippen LogP contribution in [0.25, 0.3) is 22.0 Å². The molecule has 2 aromatic heterocycles. The summed E-state index contributed by atoms with van der Waals surface area (Å²) in [5, 5.41) is 16.5. The van der Waals surface area contributed by atoms with Gasteiger partial charge in [-0.2, -0.15) is 5.10 Å². The van der Waals surface area contributed by atoms with Gasteiger partial charge in [0.05, 0.1) is 25.6 Å². The Hall–Kier alpha value is -2.48. The fraction of sp³-hybridized carbons (Fsp3) is 0.300. The van der Waals surface area contributed by atoms with Gasteiger partial charge in [-0.15, -0.1) is 11.3 Å². The van der Waals surface area contributed by atoms with Crippen LogP contribution in [0.1, 0.15) is 12.0 Å². The maximum atomic E-state index is 9.05. The second kappa shape index (κ2) is 8.04. The van der Waals surface area contributed by atoms with Crippen molar-refractivity contribution in [3.8, 4) is 22.1 Å². The number of nitrogens with zero attached hydrogens (tertiary/aromatic N) is 4. The highest BCUT2D eigenvalue weighted by molar-refractivity contribution is 7.12. The zero-order valence-electron chi connectivity index (χ0n) is 15.2. The van der Waals surface area contributed by atoms with E-state index >= 15 is 0 Å². The Morgan fingerprint density at radius 3 is 2.78 bits per heavy atom. The van der Waals surface area contributed by atoms with Gasteiger partial charge in [0, 0.05) is 42.3 Å². The second-order valence-electron chi connectivity index (χ2n) is 6.42. The van der Waals surface area contributed by atoms with Crippen LogP contribution in [0, 0.1) is 0 Å². The molecular weight excluding hydrogens is 360 g/mol. The molecule has 0 amide bonds. The van der Waals surface area contributed by atoms with Crippen molar-refractivity contribution in [2.45, 2.75) is 6.42 Å². The number of rotatable bonds is 6. The smallest absolute Gasteiger partial charge is 0.210 e. The summed E-state index contributed by atoms with van der Waals surface area (Å²) in [7, 11) is 1.66. The van der Waals surface area contributed by atoms with Crippen molar-refractivity contribution >= 4 is 16.9 Å². The number of benzene rings is 1. The summed E-state index contributed by atoms with van der Waals surface area (Å²) in [6, 6.07) is 7.90. The molecule has 0 unspecified atom stereocenters. The highest BCUT2D eigenvalue weighted by Crippen LogP contribution is 2.27. The molecular formula is C20H22N4O2S. The van der Waals surface area contributed by atoms with Crippen molar-refractivity contribution in [2.24, 2.45) is 0 Å². The van der Waals surface area contributed by atoms with Gasteiger partial charge < -0.3 is 9.84 Å². The summed E-state index contributed by atoms with van der Waals surface area (Å²) in [6.45, 7) is 2.79. The summed E-state index contributed by atoms with van der Waals surface area (Å²) in [4.78, 5) is 6.97. The van der Waals surface area contributed by atoms with Gasteiger partial charge in [-0.25, -0.2) is 9.67 Å². The molecule has 3 aromatic rings. The number of aromatic nitrogens is 3. The van der Waals surface area contributed by atoms with Crippen LogP contribution in [0.4, 0.5) is 0 Å². The molecule has 6 nitrogen and oxygen atoms in total. The van der Waals surface area contributed by atoms with Crippen molar-refractivity contribution in [2.75, 3.05) is 33.4 Å². The van der Waals surface area contributed by atoms with E-state index in [0.29, 0.717) is 0 Å². The number of β-amino-alcohol motifs (C(OH)–C–C–N with tert-alkyl or cyclic N) is 1. The van der Waals surface area contributed by atoms with E-state index in [4.69, 9.17) is 14.8 Å². The predicted molar refractivity (Wildman–Crippen MR) is 107 cm³/mol. The fourth-order valence-electron chi connectivity index (χ4n) is 3.18. The summed E-state index contributed by atoms with van der Waals surface area (Å²) in [5.74, 6) is 0.837. The minimum atomic E-state index is 0.210. The third kappa shape index (κ3) is 3.95. The first-order valence-corrected chi connectivity index (χ1v) is 9.82. The molecule has 0 fully saturated rings. The van der Waals surface area contributed by atoms with Crippen molar-refractivity contribution in [3.63, 3.8) is 0 Å². The minimum Gasteiger partial charge on any atom is -0.497 e. The van der Waals surface area contributed by atoms with E-state index in [2.05, 4.69) is 16.1 Å². The number of ether oxygens (including phenoxy) is 1. The minimum absolute atomic E-state index is 0.210. The normalized spacial score (nSPS) is 15.0. The van der Waals surface area contributed by atoms with Crippen LogP contribution in [0.15, 0.2) is 48.1 Å². The average molecular weight is 382 g/mol. The lowest BCUT2D eigenvalue weighted by Gasteiger charge is -2.24. The number of thiazole rings is 1. The molecule has 1 aliphatic rings. The maximum Gasteiger partial charge on any atom is 0.210 e. The summed E-state index contributed by atoms with van der Waals surface area (Å²) < 4.78 is 7.05. The lowest BCUT2D eigenvalue weighted by atomic mass is 10.0. The van der Waals surface area contributed by atoms with E-state index in [1.807, 2.05) is 46.7 Å². The van der Waals surface area contributed by atoms with Crippen LogP contribution in [-0.4, -0.2) is 58.1 Å². The fourth-order valence-corrected chi connectivity index (χ4v) is 3.94. The Morgan fingerprint density at radius 1 is 1.22 bits per heavy atom. The third-order valence-corrected chi connectivity index (χ3v) is 5.57. The molecule has 0 saturated carbocycles. The molecule has 0 spiro atoms. The van der Waals surface area contributed by atoms with Crippen molar-refractivity contribution in [1.82, 2.24) is 19.7 Å². The first-order chi connectivity index (χ1) is 13.3. The van der Waals surface area contributed by atoms with Gasteiger partial charge in [-0.1, -0.05) is 6.08 Å². The number of aliphatic hydroxyl groups excluding tert-OH is 1. The Bertz CT molecular complexity index is 930. The second-order valence-corrected chi connectivity index (χ2v) is 7.26. The molecule has 27 heavy (non-hydrogen) atoms. The summed E-state index contributed by atoms with van der Waals surface area (Å²) >= 11 is 1.58. The molecule has 0 saturated heterocycles. The molecule has 140 valence electrons. The molecule has 7 heteroatoms. The molecule has 1 N–H and O–H groups in total. The molecule has 0 aliphatic carbocycles. The molecule has 1 aromatic carbocycles. The maximum absolute atomic E-state index is 9.05. The monoisotopic (exact) mass is 382 g/mol. The molecule has 0 bridgehead atoms. The van der Waals surface area contributed by atoms with Crippen LogP contribution >= 0.6 is 11.3 Å². The van der Waals surface area contributed by atoms with Crippen LogP contribution < -0.4 is 4.74 Å². The van der Waals surface area contributed by atoms with Crippen LogP contribution in [0.3, 0.4) is 0 Å². The van der Waals surface area contributed by atoms with Gasteiger partial charge in [-0.05, 0) is 36.3 Å². The average Bonchev–Trinajstić information content (AvgIpc) is 3.39. The van der Waals surface area contributed by atoms with E-state index in [1.165, 1.54) is 5.57 Å². The Labute approximate surface area is 162 Å². The van der Waals surface area contributed by atoms with Crippen molar-refractivity contribution in [3.05, 3.63) is 53.7 Å². The van der Waals surface area contributed by atoms with E-state index in [9.17, 15) is 0 Å². The van der Waals surface area contributed by atoms with E-state index in [-0.39, 0.29) is 6.61 Å². The molecule has 0 radical (unpaired) electrons. The number of methoxy groups -OCH3 is 1. The third-order valence-electron chi connectivity index (χ3n) is 4.74. The number of hydrogen-bond acceptors (Lipinski definition) is 6. The predicted octanol–water partition coefficient (Wildman–Crippen LogP) is 3.09. The van der Waals surface area contributed by atoms with Gasteiger partial charge in [0.1, 0.15) is 5.75 Å². The van der Waals surface area contributed by atoms with E-state index < -0.39 is 0 Å². The van der Waals surface area contributed by atoms with Gasteiger partial charge >= 0.3 is 0 Å². The zero-order valence-corrected chi connectivity index (χ0v) is 16.0. The molecule has 1 aliphatic heterocycles. The van der Waals surface area contributed by atoms with Crippen LogP contribution in [-0.2, 0) is 0 Å². The Balaban J connectivity index is 1.50. The number of aliphatic hydroxyl groups is 1. The van der Waals surface area contributed by atoms with Gasteiger partial charge in [-0.3, -0.25) is 4.90 Å². The summed E-state index contributed by atoms with van der Waals surface area (Å²) in [5.41, 5.74) is 4.44. The lowest BCUT2D eigenvalue weighted by Crippen LogP contribution is -2.31. The largest absolute Gasteiger partial charge is 0.497 e. The first-order valence-electron chi connectivity index (χ1n) is 8.94. The van der Waals surface area contributed by atoms with E-state index in [0.717, 1.165) is 53.8 Å². The van der Waals surface area contributed by atoms with Gasteiger partial charge in [0.15, 0.2) is 0 Å². The molecule has 0 atom stereocenters. The first kappa shape index (κ1) is 17.9. The number of hydrogen-bond donors (Lipinski definition) is 1. The van der Waals surface area contributed by atoms with Crippen molar-refractivity contribution < 1.29 is 9.84 Å². The Morgan fingerprint density at radius 2 is 2.07 bits per heavy atom. The Kier molecular flexibility index (Phi) is 5.33. The standard InChI is InChI=1S/C20H22N4O2S/c1-26-18-4-2-16(3-5-18)19-14-27-20(22-19)24-13-17(12-21-24)15-6-8-23(9-7-15)10-11-25/h2-6,12-14,25H,7-11H2,1H3. The highest BCUT2D eigenvalue weighted by atomic mass is 32.1. The van der Waals surface area contributed by atoms with Crippen LogP contribution in [0.2, 0.25) is 0 Å². The zero-order chi connectivity index (χ0) is 18.6. The quantitative estimate of drug-likeness (QED) is 0.710.